The standard InChI is InChI=1S/C21H31FO2/c1-20-9-7-14(24)11-13(20)3-4-15-16-5-6-18(19(22)12-23)21(16,2)10-8-17(15)20/h3,14-17,23-24H,4-12H2,1-2H3/b19-18-. The highest BCUT2D eigenvalue weighted by atomic mass is 19.1. The van der Waals surface area contributed by atoms with Crippen LogP contribution in [-0.2, 0) is 0 Å². The van der Waals surface area contributed by atoms with Gasteiger partial charge in [-0.25, -0.2) is 4.39 Å². The summed E-state index contributed by atoms with van der Waals surface area (Å²) in [6, 6.07) is 0. The Morgan fingerprint density at radius 2 is 1.88 bits per heavy atom. The summed E-state index contributed by atoms with van der Waals surface area (Å²) in [6.07, 6.45) is 10.3. The van der Waals surface area contributed by atoms with Gasteiger partial charge >= 0.3 is 0 Å². The summed E-state index contributed by atoms with van der Waals surface area (Å²) < 4.78 is 14.3. The summed E-state index contributed by atoms with van der Waals surface area (Å²) in [6.45, 7) is 4.23. The Morgan fingerprint density at radius 1 is 1.17 bits per heavy atom. The quantitative estimate of drug-likeness (QED) is 0.692. The molecule has 2 nitrogen and oxygen atoms in total. The molecule has 3 saturated carbocycles. The smallest absolute Gasteiger partial charge is 0.125 e. The highest BCUT2D eigenvalue weighted by molar-refractivity contribution is 5.30. The van der Waals surface area contributed by atoms with E-state index in [1.807, 2.05) is 0 Å². The first kappa shape index (κ1) is 16.8. The van der Waals surface area contributed by atoms with Gasteiger partial charge in [0.2, 0.25) is 0 Å². The minimum Gasteiger partial charge on any atom is -0.393 e. The Balaban J connectivity index is 1.68. The van der Waals surface area contributed by atoms with E-state index in [1.54, 1.807) is 0 Å². The topological polar surface area (TPSA) is 40.5 Å². The van der Waals surface area contributed by atoms with Crippen molar-refractivity contribution in [2.24, 2.45) is 28.6 Å². The second-order valence-electron chi connectivity index (χ2n) is 9.19. The second-order valence-corrected chi connectivity index (χ2v) is 9.19. The minimum atomic E-state index is -0.439. The Kier molecular flexibility index (Phi) is 3.96. The molecule has 2 N–H and O–H groups in total. The number of halogens is 1. The Morgan fingerprint density at radius 3 is 2.62 bits per heavy atom. The summed E-state index contributed by atoms with van der Waals surface area (Å²) in [5.41, 5.74) is 2.59. The molecule has 0 heterocycles. The molecule has 0 radical (unpaired) electrons. The summed E-state index contributed by atoms with van der Waals surface area (Å²) in [5.74, 6) is 1.60. The van der Waals surface area contributed by atoms with E-state index in [0.717, 1.165) is 56.9 Å². The molecular weight excluding hydrogens is 303 g/mol. The summed E-state index contributed by atoms with van der Waals surface area (Å²) in [5, 5.41) is 19.3. The van der Waals surface area contributed by atoms with Crippen molar-refractivity contribution in [3.05, 3.63) is 23.0 Å². The number of aliphatic hydroxyl groups excluding tert-OH is 2. The van der Waals surface area contributed by atoms with E-state index in [2.05, 4.69) is 19.9 Å². The highest BCUT2D eigenvalue weighted by Gasteiger charge is 2.57. The van der Waals surface area contributed by atoms with Gasteiger partial charge in [0.1, 0.15) is 5.83 Å². The van der Waals surface area contributed by atoms with Crippen molar-refractivity contribution in [2.45, 2.75) is 71.3 Å². The van der Waals surface area contributed by atoms with Crippen molar-refractivity contribution in [2.75, 3.05) is 6.61 Å². The van der Waals surface area contributed by atoms with Crippen molar-refractivity contribution in [3.8, 4) is 0 Å². The van der Waals surface area contributed by atoms with Gasteiger partial charge in [-0.05, 0) is 85.5 Å². The van der Waals surface area contributed by atoms with E-state index in [1.165, 1.54) is 5.57 Å². The van der Waals surface area contributed by atoms with Gasteiger partial charge in [-0.15, -0.1) is 0 Å². The van der Waals surface area contributed by atoms with Gasteiger partial charge in [0, 0.05) is 0 Å². The lowest BCUT2D eigenvalue weighted by molar-refractivity contribution is -0.0274. The fraction of sp³-hybridized carbons (Fsp3) is 0.810. The molecule has 4 aliphatic rings. The number of aliphatic hydroxyl groups is 2. The molecule has 24 heavy (non-hydrogen) atoms. The molecule has 6 unspecified atom stereocenters. The van der Waals surface area contributed by atoms with Crippen LogP contribution < -0.4 is 0 Å². The van der Waals surface area contributed by atoms with Gasteiger partial charge in [0.15, 0.2) is 0 Å². The van der Waals surface area contributed by atoms with E-state index < -0.39 is 6.61 Å². The first-order valence-corrected chi connectivity index (χ1v) is 9.76. The molecule has 0 bridgehead atoms. The monoisotopic (exact) mass is 334 g/mol. The molecule has 3 fully saturated rings. The fourth-order valence-corrected chi connectivity index (χ4v) is 7.00. The maximum atomic E-state index is 14.3. The van der Waals surface area contributed by atoms with Gasteiger partial charge in [-0.3, -0.25) is 0 Å². The summed E-state index contributed by atoms with van der Waals surface area (Å²) >= 11 is 0. The second kappa shape index (κ2) is 5.67. The molecule has 6 atom stereocenters. The van der Waals surface area contributed by atoms with Crippen LogP contribution in [0, 0.1) is 28.6 Å². The van der Waals surface area contributed by atoms with Gasteiger partial charge in [-0.2, -0.15) is 0 Å². The predicted molar refractivity (Wildman–Crippen MR) is 92.9 cm³/mol. The SMILES string of the molecule is CC12CCC(O)CC1=CCC1C2CCC2(C)/C(=C(\F)CO)CCC12. The van der Waals surface area contributed by atoms with Crippen molar-refractivity contribution in [1.29, 1.82) is 0 Å². The van der Waals surface area contributed by atoms with E-state index in [-0.39, 0.29) is 22.8 Å². The number of hydrogen-bond acceptors (Lipinski definition) is 2. The number of allylic oxidation sites excluding steroid dienone is 2. The van der Waals surface area contributed by atoms with E-state index in [0.29, 0.717) is 17.8 Å². The van der Waals surface area contributed by atoms with Crippen molar-refractivity contribution >= 4 is 0 Å². The van der Waals surface area contributed by atoms with Crippen LogP contribution in [0.5, 0.6) is 0 Å². The lowest BCUT2D eigenvalue weighted by Crippen LogP contribution is -2.49. The molecule has 0 spiro atoms. The molecule has 0 aromatic heterocycles. The molecule has 0 aromatic carbocycles. The summed E-state index contributed by atoms with van der Waals surface area (Å²) in [7, 11) is 0. The van der Waals surface area contributed by atoms with Crippen molar-refractivity contribution in [3.63, 3.8) is 0 Å². The third kappa shape index (κ3) is 2.20. The average Bonchev–Trinajstić information content (AvgIpc) is 2.92. The van der Waals surface area contributed by atoms with Crippen molar-refractivity contribution < 1.29 is 14.6 Å². The van der Waals surface area contributed by atoms with Crippen LogP contribution >= 0.6 is 0 Å². The molecule has 0 aliphatic heterocycles. The van der Waals surface area contributed by atoms with E-state index in [4.69, 9.17) is 0 Å². The minimum absolute atomic E-state index is 0.0517. The van der Waals surface area contributed by atoms with Crippen LogP contribution in [0.1, 0.15) is 65.2 Å². The maximum Gasteiger partial charge on any atom is 0.125 e. The third-order valence-electron chi connectivity index (χ3n) is 8.33. The van der Waals surface area contributed by atoms with Gasteiger partial charge in [0.05, 0.1) is 12.7 Å². The van der Waals surface area contributed by atoms with Crippen molar-refractivity contribution in [1.82, 2.24) is 0 Å². The lowest BCUT2D eigenvalue weighted by Gasteiger charge is -2.57. The third-order valence-corrected chi connectivity index (χ3v) is 8.33. The highest BCUT2D eigenvalue weighted by Crippen LogP contribution is 2.66. The Hall–Kier alpha value is -0.670. The maximum absolute atomic E-state index is 14.3. The molecule has 0 saturated heterocycles. The first-order valence-electron chi connectivity index (χ1n) is 9.76. The van der Waals surface area contributed by atoms with Crippen LogP contribution in [0.15, 0.2) is 23.0 Å². The normalized spacial score (nSPS) is 49.8. The number of rotatable bonds is 1. The fourth-order valence-electron chi connectivity index (χ4n) is 7.00. The zero-order valence-electron chi connectivity index (χ0n) is 15.0. The Labute approximate surface area is 144 Å². The zero-order valence-corrected chi connectivity index (χ0v) is 15.0. The summed E-state index contributed by atoms with van der Waals surface area (Å²) in [4.78, 5) is 0. The average molecular weight is 334 g/mol. The van der Waals surface area contributed by atoms with E-state index in [9.17, 15) is 14.6 Å². The predicted octanol–water partition coefficient (Wildman–Crippen LogP) is 4.53. The molecule has 0 aromatic rings. The molecule has 134 valence electrons. The van der Waals surface area contributed by atoms with Gasteiger partial charge < -0.3 is 10.2 Å². The van der Waals surface area contributed by atoms with E-state index >= 15 is 0 Å². The molecule has 4 rings (SSSR count). The van der Waals surface area contributed by atoms with Crippen LogP contribution in [0.4, 0.5) is 4.39 Å². The van der Waals surface area contributed by atoms with Crippen LogP contribution in [0.3, 0.4) is 0 Å². The largest absolute Gasteiger partial charge is 0.393 e. The zero-order chi connectivity index (χ0) is 17.1. The van der Waals surface area contributed by atoms with Crippen LogP contribution in [0.2, 0.25) is 0 Å². The molecular formula is C21H31FO2. The molecule has 4 aliphatic carbocycles. The number of fused-ring (bicyclic) bond motifs is 5. The molecule has 3 heteroatoms. The van der Waals surface area contributed by atoms with Crippen LogP contribution in [0.25, 0.3) is 0 Å². The Bertz CT molecular complexity index is 595. The number of hydrogen-bond donors (Lipinski definition) is 2. The van der Waals surface area contributed by atoms with Crippen LogP contribution in [-0.4, -0.2) is 22.9 Å². The lowest BCUT2D eigenvalue weighted by atomic mass is 9.48. The first-order chi connectivity index (χ1) is 11.4. The molecule has 0 amide bonds. The van der Waals surface area contributed by atoms with Gasteiger partial charge in [0.25, 0.3) is 0 Å². The van der Waals surface area contributed by atoms with Gasteiger partial charge in [-0.1, -0.05) is 25.5 Å².